The molecule has 1 aromatic heterocycles. The van der Waals surface area contributed by atoms with Crippen molar-refractivity contribution in [2.75, 3.05) is 7.11 Å². The molecule has 2 rings (SSSR count). The van der Waals surface area contributed by atoms with Gasteiger partial charge in [-0.15, -0.1) is 0 Å². The highest BCUT2D eigenvalue weighted by Crippen LogP contribution is 2.25. The molecule has 5 nitrogen and oxygen atoms in total. The van der Waals surface area contributed by atoms with Crippen molar-refractivity contribution in [1.29, 1.82) is 0 Å². The maximum atomic E-state index is 11.0. The summed E-state index contributed by atoms with van der Waals surface area (Å²) in [6.07, 6.45) is 3.17. The number of benzene rings is 1. The Kier molecular flexibility index (Phi) is 2.59. The molecule has 2 N–H and O–H groups in total. The van der Waals surface area contributed by atoms with Crippen molar-refractivity contribution in [3.05, 3.63) is 36.3 Å². The highest BCUT2D eigenvalue weighted by atomic mass is 16.5. The van der Waals surface area contributed by atoms with E-state index in [0.717, 1.165) is 11.3 Å². The molecule has 0 spiro atoms. The van der Waals surface area contributed by atoms with Crippen molar-refractivity contribution in [2.45, 2.75) is 0 Å². The van der Waals surface area contributed by atoms with Crippen molar-refractivity contribution in [1.82, 2.24) is 9.97 Å². The minimum atomic E-state index is -1.02. The number of aromatic amines is 1. The number of imidazole rings is 1. The molecule has 0 aliphatic carbocycles. The van der Waals surface area contributed by atoms with Gasteiger partial charge in [0.2, 0.25) is 0 Å². The van der Waals surface area contributed by atoms with E-state index in [9.17, 15) is 4.79 Å². The van der Waals surface area contributed by atoms with E-state index >= 15 is 0 Å². The normalized spacial score (nSPS) is 10.1. The largest absolute Gasteiger partial charge is 0.496 e. The molecule has 0 unspecified atom stereocenters. The predicted molar refractivity (Wildman–Crippen MR) is 57.5 cm³/mol. The third-order valence-electron chi connectivity index (χ3n) is 2.24. The second-order valence-electron chi connectivity index (χ2n) is 3.19. The Hall–Kier alpha value is -2.30. The third kappa shape index (κ3) is 1.75. The van der Waals surface area contributed by atoms with Crippen molar-refractivity contribution in [2.24, 2.45) is 0 Å². The zero-order chi connectivity index (χ0) is 11.5. The van der Waals surface area contributed by atoms with Crippen molar-refractivity contribution >= 4 is 5.97 Å². The Morgan fingerprint density at radius 1 is 1.50 bits per heavy atom. The van der Waals surface area contributed by atoms with Gasteiger partial charge in [-0.05, 0) is 18.2 Å². The zero-order valence-electron chi connectivity index (χ0n) is 8.60. The fourth-order valence-corrected chi connectivity index (χ4v) is 1.46. The van der Waals surface area contributed by atoms with Gasteiger partial charge in [-0.25, -0.2) is 9.78 Å². The van der Waals surface area contributed by atoms with Crippen molar-refractivity contribution in [3.63, 3.8) is 0 Å². The van der Waals surface area contributed by atoms with Crippen LogP contribution in [0.25, 0.3) is 11.3 Å². The molecule has 82 valence electrons. The summed E-state index contributed by atoms with van der Waals surface area (Å²) < 4.78 is 4.97. The lowest BCUT2D eigenvalue weighted by Crippen LogP contribution is -2.00. The third-order valence-corrected chi connectivity index (χ3v) is 2.24. The summed E-state index contributed by atoms with van der Waals surface area (Å²) in [5.74, 6) is -0.672. The van der Waals surface area contributed by atoms with E-state index in [2.05, 4.69) is 9.97 Å². The van der Waals surface area contributed by atoms with Gasteiger partial charge >= 0.3 is 5.97 Å². The minimum absolute atomic E-state index is 0.134. The van der Waals surface area contributed by atoms with Crippen molar-refractivity contribution in [3.8, 4) is 17.0 Å². The van der Waals surface area contributed by atoms with Gasteiger partial charge in [0.05, 0.1) is 25.3 Å². The molecular weight excluding hydrogens is 208 g/mol. The van der Waals surface area contributed by atoms with E-state index in [0.29, 0.717) is 5.75 Å². The molecule has 1 aromatic carbocycles. The van der Waals surface area contributed by atoms with Crippen LogP contribution in [-0.4, -0.2) is 28.2 Å². The van der Waals surface area contributed by atoms with E-state index in [4.69, 9.17) is 9.84 Å². The van der Waals surface area contributed by atoms with Crippen LogP contribution in [0.2, 0.25) is 0 Å². The Bertz CT molecular complexity index is 506. The van der Waals surface area contributed by atoms with Crippen LogP contribution >= 0.6 is 0 Å². The fraction of sp³-hybridized carbons (Fsp3) is 0.0909. The Morgan fingerprint density at radius 2 is 2.31 bits per heavy atom. The predicted octanol–water partition coefficient (Wildman–Crippen LogP) is 1.78. The Labute approximate surface area is 91.7 Å². The Balaban J connectivity index is 2.51. The number of aromatic carboxylic acids is 1. The van der Waals surface area contributed by atoms with Crippen LogP contribution in [0.15, 0.2) is 30.7 Å². The number of nitrogens with zero attached hydrogens (tertiary/aromatic N) is 1. The summed E-state index contributed by atoms with van der Waals surface area (Å²) in [5, 5.41) is 9.01. The molecule has 0 radical (unpaired) electrons. The van der Waals surface area contributed by atoms with Gasteiger partial charge in [-0.3, -0.25) is 0 Å². The number of carboxylic acid groups (broad SMARTS) is 1. The van der Waals surface area contributed by atoms with Gasteiger partial charge in [0.1, 0.15) is 11.3 Å². The molecule has 0 bridgehead atoms. The SMILES string of the molecule is COc1ccc(-c2cnc[nH]2)cc1C(=O)O. The monoisotopic (exact) mass is 218 g/mol. The maximum absolute atomic E-state index is 11.0. The number of hydrogen-bond donors (Lipinski definition) is 2. The van der Waals surface area contributed by atoms with Gasteiger partial charge in [0.15, 0.2) is 0 Å². The van der Waals surface area contributed by atoms with Gasteiger partial charge in [-0.1, -0.05) is 0 Å². The van der Waals surface area contributed by atoms with Gasteiger partial charge in [0, 0.05) is 5.56 Å². The summed E-state index contributed by atoms with van der Waals surface area (Å²) >= 11 is 0. The number of hydrogen-bond acceptors (Lipinski definition) is 3. The standard InChI is InChI=1S/C11H10N2O3/c1-16-10-3-2-7(4-8(10)11(14)15)9-5-12-6-13-9/h2-6H,1H3,(H,12,13)(H,14,15). The first-order valence-electron chi connectivity index (χ1n) is 4.62. The van der Waals surface area contributed by atoms with Crippen LogP contribution in [0.1, 0.15) is 10.4 Å². The number of methoxy groups -OCH3 is 1. The fourth-order valence-electron chi connectivity index (χ4n) is 1.46. The molecule has 0 aliphatic heterocycles. The number of carbonyl (C=O) groups is 1. The van der Waals surface area contributed by atoms with Crippen LogP contribution in [0.5, 0.6) is 5.75 Å². The van der Waals surface area contributed by atoms with Crippen LogP contribution in [0.4, 0.5) is 0 Å². The molecule has 1 heterocycles. The smallest absolute Gasteiger partial charge is 0.339 e. The highest BCUT2D eigenvalue weighted by Gasteiger charge is 2.12. The van der Waals surface area contributed by atoms with E-state index in [1.807, 2.05) is 0 Å². The van der Waals surface area contributed by atoms with E-state index < -0.39 is 5.97 Å². The average molecular weight is 218 g/mol. The molecule has 0 aliphatic rings. The number of carboxylic acids is 1. The zero-order valence-corrected chi connectivity index (χ0v) is 8.60. The van der Waals surface area contributed by atoms with E-state index in [-0.39, 0.29) is 5.56 Å². The number of ether oxygens (including phenoxy) is 1. The molecule has 0 atom stereocenters. The molecule has 16 heavy (non-hydrogen) atoms. The summed E-state index contributed by atoms with van der Waals surface area (Å²) in [6.45, 7) is 0. The summed E-state index contributed by atoms with van der Waals surface area (Å²) in [6, 6.07) is 4.95. The maximum Gasteiger partial charge on any atom is 0.339 e. The quantitative estimate of drug-likeness (QED) is 0.823. The van der Waals surface area contributed by atoms with Crippen molar-refractivity contribution < 1.29 is 14.6 Å². The number of aromatic nitrogens is 2. The number of nitrogens with one attached hydrogen (secondary N) is 1. The first-order valence-corrected chi connectivity index (χ1v) is 4.62. The van der Waals surface area contributed by atoms with E-state index in [1.165, 1.54) is 7.11 Å². The van der Waals surface area contributed by atoms with Crippen LogP contribution < -0.4 is 4.74 Å². The first-order chi connectivity index (χ1) is 7.72. The number of rotatable bonds is 3. The molecule has 2 aromatic rings. The Morgan fingerprint density at radius 3 is 2.88 bits per heavy atom. The highest BCUT2D eigenvalue weighted by molar-refractivity contribution is 5.92. The average Bonchev–Trinajstić information content (AvgIpc) is 2.81. The lowest BCUT2D eigenvalue weighted by Gasteiger charge is -2.06. The molecular formula is C11H10N2O3. The second kappa shape index (κ2) is 4.06. The van der Waals surface area contributed by atoms with Crippen LogP contribution in [0, 0.1) is 0 Å². The first kappa shape index (κ1) is 10.2. The second-order valence-corrected chi connectivity index (χ2v) is 3.19. The summed E-state index contributed by atoms with van der Waals surface area (Å²) in [7, 11) is 1.44. The molecule has 0 saturated heterocycles. The van der Waals surface area contributed by atoms with E-state index in [1.54, 1.807) is 30.7 Å². The molecule has 5 heteroatoms. The van der Waals surface area contributed by atoms with Gasteiger partial charge in [0.25, 0.3) is 0 Å². The van der Waals surface area contributed by atoms with Crippen LogP contribution in [-0.2, 0) is 0 Å². The summed E-state index contributed by atoms with van der Waals surface area (Å²) in [5.41, 5.74) is 1.66. The lowest BCUT2D eigenvalue weighted by molar-refractivity contribution is 0.0693. The molecule has 0 amide bonds. The topological polar surface area (TPSA) is 75.2 Å². The number of H-pyrrole nitrogens is 1. The summed E-state index contributed by atoms with van der Waals surface area (Å²) in [4.78, 5) is 17.8. The minimum Gasteiger partial charge on any atom is -0.496 e. The van der Waals surface area contributed by atoms with Gasteiger partial charge < -0.3 is 14.8 Å². The van der Waals surface area contributed by atoms with Crippen LogP contribution in [0.3, 0.4) is 0 Å². The molecule has 0 saturated carbocycles. The van der Waals surface area contributed by atoms with Gasteiger partial charge in [-0.2, -0.15) is 0 Å². The lowest BCUT2D eigenvalue weighted by atomic mass is 10.1. The molecule has 0 fully saturated rings.